The van der Waals surface area contributed by atoms with Gasteiger partial charge < -0.3 is 10.6 Å². The molecule has 1 fully saturated rings. The Bertz CT molecular complexity index is 385. The van der Waals surface area contributed by atoms with Crippen LogP contribution in [0.4, 0.5) is 0 Å². The van der Waals surface area contributed by atoms with Crippen molar-refractivity contribution in [1.29, 1.82) is 0 Å². The number of rotatable bonds is 3. The fraction of sp³-hybridized carbons (Fsp3) is 0.727. The topological polar surface area (TPSA) is 66.9 Å². The minimum absolute atomic E-state index is 0.0302. The molecule has 17 heavy (non-hydrogen) atoms. The fourth-order valence-corrected chi connectivity index (χ4v) is 2.68. The summed E-state index contributed by atoms with van der Waals surface area (Å²) >= 11 is 1.18. The Labute approximate surface area is 105 Å². The van der Waals surface area contributed by atoms with E-state index in [9.17, 15) is 4.79 Å². The number of aromatic nitrogens is 2. The lowest BCUT2D eigenvalue weighted by molar-refractivity contribution is 0.0933. The molecule has 1 aliphatic heterocycles. The maximum Gasteiger partial charge on any atom is 0.265 e. The van der Waals surface area contributed by atoms with Gasteiger partial charge in [0.15, 0.2) is 0 Å². The molecule has 1 aromatic rings. The van der Waals surface area contributed by atoms with Gasteiger partial charge in [0.1, 0.15) is 4.88 Å². The molecule has 2 rings (SSSR count). The van der Waals surface area contributed by atoms with E-state index in [1.54, 1.807) is 0 Å². The Morgan fingerprint density at radius 3 is 3.06 bits per heavy atom. The third-order valence-electron chi connectivity index (χ3n) is 2.90. The van der Waals surface area contributed by atoms with Crippen LogP contribution in [0.2, 0.25) is 0 Å². The van der Waals surface area contributed by atoms with Gasteiger partial charge in [0.05, 0.1) is 5.69 Å². The van der Waals surface area contributed by atoms with Gasteiger partial charge in [-0.15, -0.1) is 5.10 Å². The van der Waals surface area contributed by atoms with Gasteiger partial charge in [0.25, 0.3) is 5.91 Å². The molecule has 0 bridgehead atoms. The number of amides is 1. The van der Waals surface area contributed by atoms with Crippen molar-refractivity contribution in [2.75, 3.05) is 13.1 Å². The van der Waals surface area contributed by atoms with E-state index in [4.69, 9.17) is 0 Å². The first-order chi connectivity index (χ1) is 8.18. The van der Waals surface area contributed by atoms with Crippen molar-refractivity contribution in [2.45, 2.75) is 38.6 Å². The summed E-state index contributed by atoms with van der Waals surface area (Å²) in [5.74, 6) is 0.205. The smallest absolute Gasteiger partial charge is 0.265 e. The normalized spacial score (nSPS) is 20.5. The van der Waals surface area contributed by atoms with E-state index < -0.39 is 0 Å². The molecule has 2 heterocycles. The largest absolute Gasteiger partial charge is 0.347 e. The molecule has 2 N–H and O–H groups in total. The molecule has 0 radical (unpaired) electrons. The zero-order valence-corrected chi connectivity index (χ0v) is 11.0. The van der Waals surface area contributed by atoms with Crippen LogP contribution in [0.15, 0.2) is 0 Å². The molecule has 0 aliphatic carbocycles. The molecule has 0 unspecified atom stereocenters. The molecule has 1 atom stereocenters. The summed E-state index contributed by atoms with van der Waals surface area (Å²) in [5, 5.41) is 10.3. The van der Waals surface area contributed by atoms with Gasteiger partial charge in [-0.25, -0.2) is 0 Å². The fourth-order valence-electron chi connectivity index (χ4n) is 1.96. The summed E-state index contributed by atoms with van der Waals surface area (Å²) < 4.78 is 3.87. The van der Waals surface area contributed by atoms with E-state index >= 15 is 0 Å². The quantitative estimate of drug-likeness (QED) is 0.849. The third-order valence-corrected chi connectivity index (χ3v) is 3.64. The van der Waals surface area contributed by atoms with Gasteiger partial charge in [0.2, 0.25) is 0 Å². The Morgan fingerprint density at radius 1 is 1.59 bits per heavy atom. The molecular weight excluding hydrogens is 236 g/mol. The van der Waals surface area contributed by atoms with Crippen LogP contribution in [-0.4, -0.2) is 34.6 Å². The molecule has 1 aromatic heterocycles. The number of hydrogen-bond donors (Lipinski definition) is 2. The second kappa shape index (κ2) is 5.55. The van der Waals surface area contributed by atoms with Crippen molar-refractivity contribution in [3.8, 4) is 0 Å². The Hall–Kier alpha value is -1.01. The third kappa shape index (κ3) is 3.01. The lowest BCUT2D eigenvalue weighted by Crippen LogP contribution is -2.45. The van der Waals surface area contributed by atoms with Crippen molar-refractivity contribution >= 4 is 17.4 Å². The van der Waals surface area contributed by atoms with Crippen LogP contribution < -0.4 is 10.6 Å². The molecule has 1 saturated heterocycles. The lowest BCUT2D eigenvalue weighted by Gasteiger charge is -2.23. The molecule has 0 saturated carbocycles. The first-order valence-electron chi connectivity index (χ1n) is 6.02. The number of carbonyl (C=O) groups excluding carboxylic acids is 1. The maximum absolute atomic E-state index is 12.1. The maximum atomic E-state index is 12.1. The van der Waals surface area contributed by atoms with E-state index in [0.29, 0.717) is 4.88 Å². The van der Waals surface area contributed by atoms with Crippen LogP contribution in [0, 0.1) is 0 Å². The van der Waals surface area contributed by atoms with E-state index in [-0.39, 0.29) is 17.9 Å². The minimum atomic E-state index is -0.0302. The van der Waals surface area contributed by atoms with Gasteiger partial charge in [-0.1, -0.05) is 18.3 Å². The second-order valence-electron chi connectivity index (χ2n) is 4.66. The van der Waals surface area contributed by atoms with Gasteiger partial charge in [-0.05, 0) is 36.8 Å². The van der Waals surface area contributed by atoms with Crippen molar-refractivity contribution in [3.05, 3.63) is 10.6 Å². The Balaban J connectivity index is 2.01. The van der Waals surface area contributed by atoms with E-state index in [2.05, 4.69) is 20.2 Å². The molecule has 0 spiro atoms. The molecule has 6 heteroatoms. The zero-order chi connectivity index (χ0) is 12.3. The van der Waals surface area contributed by atoms with Crippen LogP contribution in [0.25, 0.3) is 0 Å². The van der Waals surface area contributed by atoms with Crippen molar-refractivity contribution in [3.63, 3.8) is 0 Å². The summed E-state index contributed by atoms with van der Waals surface area (Å²) in [7, 11) is 0. The van der Waals surface area contributed by atoms with Crippen molar-refractivity contribution < 1.29 is 4.79 Å². The molecule has 0 aromatic carbocycles. The average Bonchev–Trinajstić information content (AvgIpc) is 2.79. The molecule has 5 nitrogen and oxygen atoms in total. The predicted molar refractivity (Wildman–Crippen MR) is 67.4 cm³/mol. The number of nitrogens with zero attached hydrogens (tertiary/aromatic N) is 2. The number of nitrogens with one attached hydrogen (secondary N) is 2. The molecule has 94 valence electrons. The van der Waals surface area contributed by atoms with E-state index in [0.717, 1.165) is 31.6 Å². The summed E-state index contributed by atoms with van der Waals surface area (Å²) in [6.45, 7) is 5.95. The van der Waals surface area contributed by atoms with Crippen LogP contribution in [0.3, 0.4) is 0 Å². The monoisotopic (exact) mass is 254 g/mol. The molecular formula is C11H18N4OS. The highest BCUT2D eigenvalue weighted by Gasteiger charge is 2.22. The number of carbonyl (C=O) groups is 1. The SMILES string of the molecule is CC(C)c1nnsc1C(=O)N[C@@H]1CCCNC1. The summed E-state index contributed by atoms with van der Waals surface area (Å²) in [6, 6.07) is 0.235. The first kappa shape index (κ1) is 12.4. The van der Waals surface area contributed by atoms with Crippen molar-refractivity contribution in [2.24, 2.45) is 0 Å². The van der Waals surface area contributed by atoms with Crippen LogP contribution in [0.5, 0.6) is 0 Å². The highest BCUT2D eigenvalue weighted by molar-refractivity contribution is 7.08. The molecule has 1 aliphatic rings. The van der Waals surface area contributed by atoms with Gasteiger partial charge in [0, 0.05) is 12.6 Å². The number of hydrogen-bond acceptors (Lipinski definition) is 5. The molecule has 1 amide bonds. The van der Waals surface area contributed by atoms with E-state index in [1.165, 1.54) is 11.5 Å². The Morgan fingerprint density at radius 2 is 2.41 bits per heavy atom. The predicted octanol–water partition coefficient (Wildman–Crippen LogP) is 1.14. The van der Waals surface area contributed by atoms with Crippen LogP contribution in [-0.2, 0) is 0 Å². The zero-order valence-electron chi connectivity index (χ0n) is 10.2. The van der Waals surface area contributed by atoms with Gasteiger partial charge >= 0.3 is 0 Å². The second-order valence-corrected chi connectivity index (χ2v) is 5.41. The minimum Gasteiger partial charge on any atom is -0.347 e. The number of piperidine rings is 1. The van der Waals surface area contributed by atoms with Crippen LogP contribution in [0.1, 0.15) is 48.0 Å². The van der Waals surface area contributed by atoms with Crippen molar-refractivity contribution in [1.82, 2.24) is 20.2 Å². The average molecular weight is 254 g/mol. The standard InChI is InChI=1S/C11H18N4OS/c1-7(2)9-10(17-15-14-9)11(16)13-8-4-3-5-12-6-8/h7-8,12H,3-6H2,1-2H3,(H,13,16)/t8-/m1/s1. The lowest BCUT2D eigenvalue weighted by atomic mass is 10.1. The van der Waals surface area contributed by atoms with Gasteiger partial charge in [-0.2, -0.15) is 0 Å². The summed E-state index contributed by atoms with van der Waals surface area (Å²) in [4.78, 5) is 12.7. The first-order valence-corrected chi connectivity index (χ1v) is 6.79. The summed E-state index contributed by atoms with van der Waals surface area (Å²) in [6.07, 6.45) is 2.16. The van der Waals surface area contributed by atoms with E-state index in [1.807, 2.05) is 13.8 Å². The Kier molecular flexibility index (Phi) is 4.06. The van der Waals surface area contributed by atoms with Gasteiger partial charge in [-0.3, -0.25) is 4.79 Å². The summed E-state index contributed by atoms with van der Waals surface area (Å²) in [5.41, 5.74) is 0.802. The van der Waals surface area contributed by atoms with Crippen LogP contribution >= 0.6 is 11.5 Å². The highest BCUT2D eigenvalue weighted by atomic mass is 32.1. The highest BCUT2D eigenvalue weighted by Crippen LogP contribution is 2.19.